The molecule has 0 unspecified atom stereocenters. The second-order valence-corrected chi connectivity index (χ2v) is 5.95. The average Bonchev–Trinajstić information content (AvgIpc) is 3.00. The third kappa shape index (κ3) is 3.57. The van der Waals surface area contributed by atoms with Crippen molar-refractivity contribution in [3.63, 3.8) is 0 Å². The third-order valence-corrected chi connectivity index (χ3v) is 4.04. The van der Waals surface area contributed by atoms with E-state index in [1.807, 2.05) is 0 Å². The first-order valence-corrected chi connectivity index (χ1v) is 7.76. The molecule has 2 N–H and O–H groups in total. The average molecular weight is 383 g/mol. The van der Waals surface area contributed by atoms with E-state index in [1.165, 1.54) is 6.07 Å². The number of nitrogens with zero attached hydrogens (tertiary/aromatic N) is 1. The summed E-state index contributed by atoms with van der Waals surface area (Å²) in [6, 6.07) is 3.10. The fourth-order valence-electron chi connectivity index (χ4n) is 1.94. The minimum atomic E-state index is -1.66. The predicted molar refractivity (Wildman–Crippen MR) is 85.5 cm³/mol. The molecule has 0 fully saturated rings. The van der Waals surface area contributed by atoms with Crippen molar-refractivity contribution in [2.75, 3.05) is 11.9 Å². The van der Waals surface area contributed by atoms with E-state index in [0.717, 1.165) is 29.7 Å². The van der Waals surface area contributed by atoms with Crippen LogP contribution in [0.1, 0.15) is 10.4 Å². The third-order valence-electron chi connectivity index (χ3n) is 3.12. The largest absolute Gasteiger partial charge is 0.452 e. The number of fused-ring (bicyclic) bond motifs is 1. The number of esters is 1. The molecule has 3 rings (SSSR count). The number of anilines is 1. The summed E-state index contributed by atoms with van der Waals surface area (Å²) in [5.41, 5.74) is -0.796. The van der Waals surface area contributed by atoms with E-state index in [-0.39, 0.29) is 15.4 Å². The predicted octanol–water partition coefficient (Wildman–Crippen LogP) is 2.20. The summed E-state index contributed by atoms with van der Waals surface area (Å²) in [4.78, 5) is 40.3. The van der Waals surface area contributed by atoms with E-state index in [2.05, 4.69) is 15.3 Å². The molecule has 0 aliphatic heterocycles. The second kappa shape index (κ2) is 6.96. The van der Waals surface area contributed by atoms with Gasteiger partial charge in [0.05, 0.1) is 10.3 Å². The lowest BCUT2D eigenvalue weighted by Crippen LogP contribution is -2.21. The zero-order chi connectivity index (χ0) is 18.8. The maximum Gasteiger partial charge on any atom is 0.340 e. The molecule has 0 bridgehead atoms. The van der Waals surface area contributed by atoms with Gasteiger partial charge in [-0.05, 0) is 12.1 Å². The van der Waals surface area contributed by atoms with Gasteiger partial charge in [0.1, 0.15) is 5.52 Å². The number of nitrogens with one attached hydrogen (secondary N) is 2. The van der Waals surface area contributed by atoms with Crippen molar-refractivity contribution in [1.82, 2.24) is 9.97 Å². The van der Waals surface area contributed by atoms with E-state index in [9.17, 15) is 27.6 Å². The molecule has 0 radical (unpaired) electrons. The van der Waals surface area contributed by atoms with Crippen molar-refractivity contribution >= 4 is 38.6 Å². The van der Waals surface area contributed by atoms with Gasteiger partial charge in [-0.15, -0.1) is 0 Å². The summed E-state index contributed by atoms with van der Waals surface area (Å²) in [5.74, 6) is -6.12. The quantitative estimate of drug-likeness (QED) is 0.531. The van der Waals surface area contributed by atoms with Crippen LogP contribution in [0.15, 0.2) is 29.2 Å². The minimum Gasteiger partial charge on any atom is -0.452 e. The van der Waals surface area contributed by atoms with Crippen LogP contribution in [0.25, 0.3) is 10.2 Å². The number of halogens is 3. The fourth-order valence-corrected chi connectivity index (χ4v) is 2.84. The molecule has 0 aliphatic rings. The Morgan fingerprint density at radius 2 is 2.00 bits per heavy atom. The van der Waals surface area contributed by atoms with Gasteiger partial charge in [-0.3, -0.25) is 14.9 Å². The maximum absolute atomic E-state index is 13.6. The fraction of sp³-hybridized carbons (Fsp3) is 0.0667. The topological polar surface area (TPSA) is 101 Å². The molecule has 1 aromatic carbocycles. The van der Waals surface area contributed by atoms with Crippen LogP contribution in [0.4, 0.5) is 18.3 Å². The molecule has 26 heavy (non-hydrogen) atoms. The van der Waals surface area contributed by atoms with Crippen LogP contribution < -0.4 is 10.9 Å². The summed E-state index contributed by atoms with van der Waals surface area (Å²) in [6.45, 7) is -0.681. The van der Waals surface area contributed by atoms with Crippen molar-refractivity contribution in [2.45, 2.75) is 0 Å². The second-order valence-electron chi connectivity index (χ2n) is 4.92. The Labute approximate surface area is 146 Å². The van der Waals surface area contributed by atoms with Gasteiger partial charge in [0.2, 0.25) is 5.56 Å². The first-order valence-electron chi connectivity index (χ1n) is 6.95. The molecule has 2 aromatic heterocycles. The smallest absolute Gasteiger partial charge is 0.340 e. The maximum atomic E-state index is 13.6. The van der Waals surface area contributed by atoms with Crippen molar-refractivity contribution in [1.29, 1.82) is 0 Å². The Morgan fingerprint density at radius 3 is 2.69 bits per heavy atom. The number of amides is 1. The van der Waals surface area contributed by atoms with Crippen LogP contribution >= 0.6 is 11.3 Å². The van der Waals surface area contributed by atoms with Crippen LogP contribution in [0.5, 0.6) is 0 Å². The van der Waals surface area contributed by atoms with Gasteiger partial charge in [0.25, 0.3) is 5.91 Å². The van der Waals surface area contributed by atoms with Gasteiger partial charge >= 0.3 is 5.97 Å². The highest BCUT2D eigenvalue weighted by Crippen LogP contribution is 2.30. The zero-order valence-electron chi connectivity index (χ0n) is 12.6. The van der Waals surface area contributed by atoms with Crippen LogP contribution in [0.3, 0.4) is 0 Å². The van der Waals surface area contributed by atoms with Crippen molar-refractivity contribution in [3.05, 3.63) is 57.8 Å². The van der Waals surface area contributed by atoms with E-state index >= 15 is 0 Å². The van der Waals surface area contributed by atoms with Gasteiger partial charge < -0.3 is 9.72 Å². The van der Waals surface area contributed by atoms with E-state index in [4.69, 9.17) is 4.74 Å². The first-order chi connectivity index (χ1) is 12.3. The van der Waals surface area contributed by atoms with Crippen LogP contribution in [0, 0.1) is 17.5 Å². The first kappa shape index (κ1) is 17.6. The SMILES string of the molecule is O=C(COC(=O)c1ccc(=O)[nH]c1)Nc1nc2c(F)c(F)c(F)cc2s1. The molecule has 0 saturated carbocycles. The number of H-pyrrole nitrogens is 1. The Hall–Kier alpha value is -3.21. The number of benzene rings is 1. The molecule has 0 atom stereocenters. The number of aromatic amines is 1. The van der Waals surface area contributed by atoms with Gasteiger partial charge in [0.15, 0.2) is 29.2 Å². The molecule has 134 valence electrons. The Kier molecular flexibility index (Phi) is 4.71. The number of aromatic nitrogens is 2. The lowest BCUT2D eigenvalue weighted by atomic mass is 10.3. The molecular weight excluding hydrogens is 375 g/mol. The molecule has 0 saturated heterocycles. The van der Waals surface area contributed by atoms with Crippen LogP contribution in [-0.2, 0) is 9.53 Å². The highest BCUT2D eigenvalue weighted by atomic mass is 32.1. The molecule has 11 heteroatoms. The molecule has 2 heterocycles. The summed E-state index contributed by atoms with van der Waals surface area (Å²) < 4.78 is 44.7. The molecule has 0 spiro atoms. The molecular formula is C15H8F3N3O4S. The number of hydrogen-bond acceptors (Lipinski definition) is 6. The van der Waals surface area contributed by atoms with Crippen LogP contribution in [0.2, 0.25) is 0 Å². The molecule has 0 aliphatic carbocycles. The van der Waals surface area contributed by atoms with E-state index in [1.54, 1.807) is 0 Å². The van der Waals surface area contributed by atoms with Gasteiger partial charge in [0, 0.05) is 12.3 Å². The summed E-state index contributed by atoms with van der Waals surface area (Å²) in [7, 11) is 0. The highest BCUT2D eigenvalue weighted by molar-refractivity contribution is 7.22. The van der Waals surface area contributed by atoms with Gasteiger partial charge in [-0.2, -0.15) is 0 Å². The lowest BCUT2D eigenvalue weighted by molar-refractivity contribution is -0.119. The van der Waals surface area contributed by atoms with Crippen molar-refractivity contribution in [2.24, 2.45) is 0 Å². The molecule has 1 amide bonds. The Bertz CT molecular complexity index is 1060. The summed E-state index contributed by atoms with van der Waals surface area (Å²) in [6.07, 6.45) is 1.13. The number of carbonyl (C=O) groups excluding carboxylic acids is 2. The normalized spacial score (nSPS) is 10.7. The number of ether oxygens (including phenoxy) is 1. The van der Waals surface area contributed by atoms with Crippen molar-refractivity contribution < 1.29 is 27.5 Å². The number of pyridine rings is 1. The number of rotatable bonds is 4. The van der Waals surface area contributed by atoms with Gasteiger partial charge in [-0.25, -0.2) is 22.9 Å². The van der Waals surface area contributed by atoms with Crippen LogP contribution in [-0.4, -0.2) is 28.5 Å². The monoisotopic (exact) mass is 383 g/mol. The zero-order valence-corrected chi connectivity index (χ0v) is 13.5. The number of thiazole rings is 1. The number of carbonyl (C=O) groups is 2. The van der Waals surface area contributed by atoms with Gasteiger partial charge in [-0.1, -0.05) is 11.3 Å². The highest BCUT2D eigenvalue weighted by Gasteiger charge is 2.18. The lowest BCUT2D eigenvalue weighted by Gasteiger charge is -2.04. The van der Waals surface area contributed by atoms with E-state index in [0.29, 0.717) is 0 Å². The Morgan fingerprint density at radius 1 is 1.23 bits per heavy atom. The number of hydrogen-bond donors (Lipinski definition) is 2. The Balaban J connectivity index is 1.65. The van der Waals surface area contributed by atoms with Crippen molar-refractivity contribution in [3.8, 4) is 0 Å². The summed E-state index contributed by atoms with van der Waals surface area (Å²) >= 11 is 0.725. The standard InChI is InChI=1S/C15H8F3N3O4S/c16-7-3-8-13(12(18)11(7)17)21-15(26-8)20-10(23)5-25-14(24)6-1-2-9(22)19-4-6/h1-4H,5H2,(H,19,22)(H,20,21,23). The van der Waals surface area contributed by atoms with E-state index < -0.39 is 47.0 Å². The minimum absolute atomic E-state index is 0.00179. The molecule has 3 aromatic rings. The summed E-state index contributed by atoms with van der Waals surface area (Å²) in [5, 5.41) is 2.12. The molecule has 7 nitrogen and oxygen atoms in total.